The highest BCUT2D eigenvalue weighted by Gasteiger charge is 2.21. The van der Waals surface area contributed by atoms with Crippen LogP contribution in [0.15, 0.2) is 22.7 Å². The van der Waals surface area contributed by atoms with Crippen molar-refractivity contribution in [1.29, 1.82) is 0 Å². The van der Waals surface area contributed by atoms with Crippen molar-refractivity contribution in [1.82, 2.24) is 10.2 Å². The second-order valence-corrected chi connectivity index (χ2v) is 5.23. The number of halogens is 2. The largest absolute Gasteiger partial charge is 0.496 e. The normalized spacial score (nSPS) is 17.6. The van der Waals surface area contributed by atoms with Crippen LogP contribution in [0.1, 0.15) is 11.6 Å². The number of aliphatic hydroxyl groups excluding tert-OH is 1. The minimum atomic E-state index is 0. The molecule has 2 N–H and O–H groups in total. The molecule has 108 valence electrons. The zero-order valence-electron chi connectivity index (χ0n) is 10.9. The van der Waals surface area contributed by atoms with Gasteiger partial charge in [-0.05, 0) is 33.6 Å². The van der Waals surface area contributed by atoms with Crippen molar-refractivity contribution in [2.45, 2.75) is 6.04 Å². The third-order valence-electron chi connectivity index (χ3n) is 3.33. The lowest BCUT2D eigenvalue weighted by molar-refractivity contribution is 0.111. The first-order valence-electron chi connectivity index (χ1n) is 6.15. The second kappa shape index (κ2) is 8.07. The van der Waals surface area contributed by atoms with Gasteiger partial charge in [-0.2, -0.15) is 0 Å². The molecule has 1 fully saturated rings. The summed E-state index contributed by atoms with van der Waals surface area (Å²) in [5.41, 5.74) is 1.12. The van der Waals surface area contributed by atoms with Crippen molar-refractivity contribution in [3.63, 3.8) is 0 Å². The van der Waals surface area contributed by atoms with Crippen LogP contribution in [0, 0.1) is 0 Å². The molecule has 2 rings (SSSR count). The van der Waals surface area contributed by atoms with Gasteiger partial charge in [0.05, 0.1) is 24.2 Å². The molecule has 1 aliphatic heterocycles. The first-order valence-corrected chi connectivity index (χ1v) is 6.94. The Kier molecular flexibility index (Phi) is 7.10. The maximum absolute atomic E-state index is 9.64. The molecule has 1 aromatic carbocycles. The van der Waals surface area contributed by atoms with Crippen molar-refractivity contribution >= 4 is 28.3 Å². The Morgan fingerprint density at radius 1 is 1.42 bits per heavy atom. The van der Waals surface area contributed by atoms with Gasteiger partial charge in [0.2, 0.25) is 0 Å². The lowest BCUT2D eigenvalue weighted by atomic mass is 10.1. The van der Waals surface area contributed by atoms with E-state index in [1.165, 1.54) is 0 Å². The van der Waals surface area contributed by atoms with E-state index in [9.17, 15) is 5.11 Å². The number of methoxy groups -OCH3 is 1. The average molecular weight is 352 g/mol. The van der Waals surface area contributed by atoms with Crippen molar-refractivity contribution in [3.8, 4) is 5.75 Å². The van der Waals surface area contributed by atoms with Gasteiger partial charge in [0.15, 0.2) is 0 Å². The SMILES string of the molecule is COc1ccc([C@H](CO)N2CCNCC2)cc1Br.Cl. The average Bonchev–Trinajstić information content (AvgIpc) is 2.41. The molecule has 0 radical (unpaired) electrons. The number of benzene rings is 1. The fourth-order valence-corrected chi connectivity index (χ4v) is 2.87. The summed E-state index contributed by atoms with van der Waals surface area (Å²) in [7, 11) is 1.65. The summed E-state index contributed by atoms with van der Waals surface area (Å²) in [6, 6.07) is 6.05. The molecular formula is C13H20BrClN2O2. The van der Waals surface area contributed by atoms with Gasteiger partial charge in [-0.3, -0.25) is 4.90 Å². The second-order valence-electron chi connectivity index (χ2n) is 4.38. The number of aliphatic hydroxyl groups is 1. The molecule has 19 heavy (non-hydrogen) atoms. The van der Waals surface area contributed by atoms with Crippen molar-refractivity contribution in [2.75, 3.05) is 39.9 Å². The summed E-state index contributed by atoms with van der Waals surface area (Å²) in [5, 5.41) is 13.0. The van der Waals surface area contributed by atoms with Crippen LogP contribution in [-0.2, 0) is 0 Å². The lowest BCUT2D eigenvalue weighted by Crippen LogP contribution is -2.46. The van der Waals surface area contributed by atoms with Gasteiger partial charge >= 0.3 is 0 Å². The Labute approximate surface area is 128 Å². The lowest BCUT2D eigenvalue weighted by Gasteiger charge is -2.34. The van der Waals surface area contributed by atoms with Crippen LogP contribution >= 0.6 is 28.3 Å². The number of piperazine rings is 1. The van der Waals surface area contributed by atoms with E-state index in [1.54, 1.807) is 7.11 Å². The molecule has 0 amide bonds. The van der Waals surface area contributed by atoms with Crippen molar-refractivity contribution in [3.05, 3.63) is 28.2 Å². The number of rotatable bonds is 4. The molecule has 0 aliphatic carbocycles. The summed E-state index contributed by atoms with van der Waals surface area (Å²) in [4.78, 5) is 2.31. The van der Waals surface area contributed by atoms with Gasteiger partial charge in [-0.1, -0.05) is 6.07 Å². The monoisotopic (exact) mass is 350 g/mol. The van der Waals surface area contributed by atoms with E-state index in [0.717, 1.165) is 42.0 Å². The molecule has 6 heteroatoms. The fraction of sp³-hybridized carbons (Fsp3) is 0.538. The van der Waals surface area contributed by atoms with E-state index < -0.39 is 0 Å². The maximum Gasteiger partial charge on any atom is 0.133 e. The zero-order valence-corrected chi connectivity index (χ0v) is 13.3. The van der Waals surface area contributed by atoms with E-state index in [4.69, 9.17) is 4.74 Å². The molecule has 0 saturated carbocycles. The molecular weight excluding hydrogens is 332 g/mol. The number of hydrogen-bond acceptors (Lipinski definition) is 4. The van der Waals surface area contributed by atoms with Crippen LogP contribution in [0.4, 0.5) is 0 Å². The summed E-state index contributed by atoms with van der Waals surface area (Å²) >= 11 is 3.49. The van der Waals surface area contributed by atoms with Gasteiger partial charge in [-0.15, -0.1) is 12.4 Å². The van der Waals surface area contributed by atoms with E-state index in [0.29, 0.717) is 0 Å². The quantitative estimate of drug-likeness (QED) is 0.868. The predicted octanol–water partition coefficient (Wildman–Crippen LogP) is 1.82. The molecule has 1 aliphatic rings. The van der Waals surface area contributed by atoms with Crippen LogP contribution < -0.4 is 10.1 Å². The van der Waals surface area contributed by atoms with E-state index in [-0.39, 0.29) is 25.1 Å². The summed E-state index contributed by atoms with van der Waals surface area (Å²) < 4.78 is 6.15. The Bertz CT molecular complexity index is 400. The molecule has 0 spiro atoms. The van der Waals surface area contributed by atoms with Gasteiger partial charge in [0, 0.05) is 26.2 Å². The zero-order chi connectivity index (χ0) is 13.0. The Balaban J connectivity index is 0.00000180. The molecule has 1 aromatic rings. The minimum Gasteiger partial charge on any atom is -0.496 e. The van der Waals surface area contributed by atoms with Gasteiger partial charge in [0.1, 0.15) is 5.75 Å². The van der Waals surface area contributed by atoms with Gasteiger partial charge < -0.3 is 15.2 Å². The number of ether oxygens (including phenoxy) is 1. The Morgan fingerprint density at radius 2 is 2.11 bits per heavy atom. The van der Waals surface area contributed by atoms with Crippen LogP contribution in [0.25, 0.3) is 0 Å². The number of nitrogens with one attached hydrogen (secondary N) is 1. The Hall–Kier alpha value is -0.330. The fourth-order valence-electron chi connectivity index (χ4n) is 2.32. The van der Waals surface area contributed by atoms with E-state index in [2.05, 4.69) is 26.1 Å². The van der Waals surface area contributed by atoms with Crippen LogP contribution in [0.3, 0.4) is 0 Å². The molecule has 1 saturated heterocycles. The van der Waals surface area contributed by atoms with Crippen molar-refractivity contribution in [2.24, 2.45) is 0 Å². The van der Waals surface area contributed by atoms with Crippen LogP contribution in [0.2, 0.25) is 0 Å². The standard InChI is InChI=1S/C13H19BrN2O2.ClH/c1-18-13-3-2-10(8-11(13)14)12(9-17)16-6-4-15-5-7-16;/h2-3,8,12,15,17H,4-7,9H2,1H3;1H/t12-;/m0./s1. The maximum atomic E-state index is 9.64. The summed E-state index contributed by atoms with van der Waals surface area (Å²) in [5.74, 6) is 0.816. The number of hydrogen-bond donors (Lipinski definition) is 2. The predicted molar refractivity (Wildman–Crippen MR) is 82.2 cm³/mol. The van der Waals surface area contributed by atoms with Crippen molar-refractivity contribution < 1.29 is 9.84 Å². The topological polar surface area (TPSA) is 44.7 Å². The number of nitrogens with zero attached hydrogens (tertiary/aromatic N) is 1. The van der Waals surface area contributed by atoms with Gasteiger partial charge in [-0.25, -0.2) is 0 Å². The molecule has 1 atom stereocenters. The van der Waals surface area contributed by atoms with Crippen LogP contribution in [-0.4, -0.2) is 49.9 Å². The van der Waals surface area contributed by atoms with E-state index in [1.807, 2.05) is 18.2 Å². The summed E-state index contributed by atoms with van der Waals surface area (Å²) in [6.07, 6.45) is 0. The third-order valence-corrected chi connectivity index (χ3v) is 3.95. The first-order chi connectivity index (χ1) is 8.76. The Morgan fingerprint density at radius 3 is 2.63 bits per heavy atom. The molecule has 4 nitrogen and oxygen atoms in total. The molecule has 0 unspecified atom stereocenters. The highest BCUT2D eigenvalue weighted by Crippen LogP contribution is 2.30. The van der Waals surface area contributed by atoms with E-state index >= 15 is 0 Å². The minimum absolute atomic E-state index is 0. The highest BCUT2D eigenvalue weighted by atomic mass is 79.9. The summed E-state index contributed by atoms with van der Waals surface area (Å²) in [6.45, 7) is 4.03. The molecule has 0 bridgehead atoms. The molecule has 0 aromatic heterocycles. The van der Waals surface area contributed by atoms with Crippen LogP contribution in [0.5, 0.6) is 5.75 Å². The van der Waals surface area contributed by atoms with Gasteiger partial charge in [0.25, 0.3) is 0 Å². The molecule has 1 heterocycles. The first kappa shape index (κ1) is 16.7. The smallest absolute Gasteiger partial charge is 0.133 e. The third kappa shape index (κ3) is 4.07. The highest BCUT2D eigenvalue weighted by molar-refractivity contribution is 9.10.